The number of aryl methyl sites for hydroxylation is 2. The molecule has 0 saturated carbocycles. The van der Waals surface area contributed by atoms with Gasteiger partial charge in [-0.1, -0.05) is 0 Å². The number of likely N-dealkylation sites (tertiary alicyclic amines) is 1. The van der Waals surface area contributed by atoms with Crippen LogP contribution in [0, 0.1) is 6.92 Å². The second kappa shape index (κ2) is 12.4. The lowest BCUT2D eigenvalue weighted by Gasteiger charge is -2.17. The third kappa shape index (κ3) is 6.09. The van der Waals surface area contributed by atoms with Crippen molar-refractivity contribution in [2.75, 3.05) is 38.4 Å². The average molecular weight is 612 g/mol. The van der Waals surface area contributed by atoms with Gasteiger partial charge in [-0.3, -0.25) is 14.4 Å². The normalized spacial score (nSPS) is 15.4. The molecule has 11 nitrogen and oxygen atoms in total. The zero-order valence-corrected chi connectivity index (χ0v) is 25.7. The Balaban J connectivity index is 1.29. The summed E-state index contributed by atoms with van der Waals surface area (Å²) >= 11 is 0. The summed E-state index contributed by atoms with van der Waals surface area (Å²) in [5.74, 6) is 0.912. The van der Waals surface area contributed by atoms with E-state index >= 15 is 0 Å². The van der Waals surface area contributed by atoms with E-state index in [1.165, 1.54) is 19.5 Å². The molecule has 3 aromatic carbocycles. The first kappa shape index (κ1) is 29.8. The van der Waals surface area contributed by atoms with Crippen LogP contribution in [0.4, 0.5) is 21.6 Å². The molecule has 0 aliphatic carbocycles. The van der Waals surface area contributed by atoms with E-state index in [1.54, 1.807) is 30.0 Å². The van der Waals surface area contributed by atoms with Crippen LogP contribution in [0.15, 0.2) is 66.9 Å². The molecule has 0 spiro atoms. The maximum Gasteiger partial charge on any atom is 0.284 e. The Kier molecular flexibility index (Phi) is 8.22. The number of likely N-dealkylation sites (N-methyl/N-ethyl adjacent to an activating group) is 1. The van der Waals surface area contributed by atoms with Gasteiger partial charge in [0, 0.05) is 42.1 Å². The van der Waals surface area contributed by atoms with Crippen LogP contribution in [-0.4, -0.2) is 64.4 Å². The minimum Gasteiger partial charge on any atom is -0.494 e. The Morgan fingerprint density at radius 2 is 1.82 bits per heavy atom. The van der Waals surface area contributed by atoms with Gasteiger partial charge in [-0.15, -0.1) is 0 Å². The molecule has 1 amide bonds. The summed E-state index contributed by atoms with van der Waals surface area (Å²) in [6, 6.07) is 12.7. The summed E-state index contributed by atoms with van der Waals surface area (Å²) < 4.78 is 34.1. The maximum atomic E-state index is 14.9. The van der Waals surface area contributed by atoms with Gasteiger partial charge in [0.1, 0.15) is 35.1 Å². The number of carbonyl (C=O) groups is 1. The standard InChI is InChI=1S/C33H34FN7O4/c1-19-11-26(31(44-5)16-29(19)45-22-9-8-20-17-37-41(3)28(20)13-22)38-32-23-14-27(30(43-4)15-25(23)35-18-36-32)39-33(42)24(34)12-21-7-6-10-40(21)2/h8-9,11-18,21H,6-7,10H2,1-5H3,(H,39,42)(H,35,36,38)/b24-12+/t21-/m1/s1. The molecule has 2 aromatic heterocycles. The first-order valence-electron chi connectivity index (χ1n) is 14.5. The highest BCUT2D eigenvalue weighted by Gasteiger charge is 2.22. The minimum atomic E-state index is -0.852. The molecule has 45 heavy (non-hydrogen) atoms. The second-order valence-corrected chi connectivity index (χ2v) is 11.0. The SMILES string of the molecule is COc1cc2ncnc(Nc3cc(C)c(Oc4ccc5cnn(C)c5c4)cc3OC)c2cc1NC(=O)/C(F)=C\[C@H]1CCCN1C. The number of anilines is 3. The smallest absolute Gasteiger partial charge is 0.284 e. The van der Waals surface area contributed by atoms with Crippen LogP contribution < -0.4 is 24.8 Å². The fraction of sp³-hybridized carbons (Fsp3) is 0.273. The molecule has 232 valence electrons. The molecular weight excluding hydrogens is 577 g/mol. The van der Waals surface area contributed by atoms with E-state index in [0.29, 0.717) is 45.4 Å². The van der Waals surface area contributed by atoms with Crippen LogP contribution in [-0.2, 0) is 11.8 Å². The van der Waals surface area contributed by atoms with Crippen LogP contribution in [0.2, 0.25) is 0 Å². The third-order valence-corrected chi connectivity index (χ3v) is 8.04. The lowest BCUT2D eigenvalue weighted by Crippen LogP contribution is -2.24. The van der Waals surface area contributed by atoms with E-state index in [4.69, 9.17) is 14.2 Å². The molecule has 1 aliphatic heterocycles. The quantitative estimate of drug-likeness (QED) is 0.186. The van der Waals surface area contributed by atoms with Gasteiger partial charge in [-0.25, -0.2) is 14.4 Å². The molecule has 1 aliphatic rings. The molecule has 6 rings (SSSR count). The van der Waals surface area contributed by atoms with Crippen molar-refractivity contribution in [3.05, 3.63) is 72.5 Å². The van der Waals surface area contributed by atoms with Gasteiger partial charge < -0.3 is 24.8 Å². The number of methoxy groups -OCH3 is 2. The molecule has 3 heterocycles. The fourth-order valence-electron chi connectivity index (χ4n) is 5.51. The van der Waals surface area contributed by atoms with Gasteiger partial charge in [0.25, 0.3) is 5.91 Å². The molecule has 5 aromatic rings. The Morgan fingerprint density at radius 3 is 2.58 bits per heavy atom. The number of hydrogen-bond acceptors (Lipinski definition) is 9. The predicted molar refractivity (Wildman–Crippen MR) is 171 cm³/mol. The Bertz CT molecular complexity index is 1940. The van der Waals surface area contributed by atoms with Crippen molar-refractivity contribution in [1.29, 1.82) is 0 Å². The topological polar surface area (TPSA) is 116 Å². The van der Waals surface area contributed by atoms with Crippen LogP contribution in [0.3, 0.4) is 0 Å². The highest BCUT2D eigenvalue weighted by atomic mass is 19.1. The second-order valence-electron chi connectivity index (χ2n) is 11.0. The third-order valence-electron chi connectivity index (χ3n) is 8.04. The summed E-state index contributed by atoms with van der Waals surface area (Å²) in [5.41, 5.74) is 3.30. The lowest BCUT2D eigenvalue weighted by molar-refractivity contribution is -0.114. The summed E-state index contributed by atoms with van der Waals surface area (Å²) in [4.78, 5) is 23.7. The van der Waals surface area contributed by atoms with Gasteiger partial charge >= 0.3 is 0 Å². The predicted octanol–water partition coefficient (Wildman–Crippen LogP) is 6.26. The first-order valence-corrected chi connectivity index (χ1v) is 14.5. The van der Waals surface area contributed by atoms with Crippen molar-refractivity contribution in [3.63, 3.8) is 0 Å². The molecule has 12 heteroatoms. The zero-order valence-electron chi connectivity index (χ0n) is 25.7. The Labute approximate surface area is 259 Å². The van der Waals surface area contributed by atoms with Gasteiger partial charge in [0.05, 0.1) is 42.8 Å². The summed E-state index contributed by atoms with van der Waals surface area (Å²) in [7, 11) is 6.85. The Morgan fingerprint density at radius 1 is 1.02 bits per heavy atom. The Hall–Kier alpha value is -5.23. The number of fused-ring (bicyclic) bond motifs is 2. The number of carbonyl (C=O) groups excluding carboxylic acids is 1. The fourth-order valence-corrected chi connectivity index (χ4v) is 5.51. The van der Waals surface area contributed by atoms with E-state index in [0.717, 1.165) is 35.9 Å². The van der Waals surface area contributed by atoms with E-state index in [2.05, 4.69) is 25.7 Å². The van der Waals surface area contributed by atoms with Crippen LogP contribution >= 0.6 is 0 Å². The zero-order chi connectivity index (χ0) is 31.7. The molecule has 0 radical (unpaired) electrons. The number of aromatic nitrogens is 4. The van der Waals surface area contributed by atoms with Gasteiger partial charge in [0.15, 0.2) is 5.83 Å². The lowest BCUT2D eigenvalue weighted by atomic mass is 10.1. The average Bonchev–Trinajstić information content (AvgIpc) is 3.62. The van der Waals surface area contributed by atoms with Crippen molar-refractivity contribution >= 4 is 44.9 Å². The largest absolute Gasteiger partial charge is 0.494 e. The van der Waals surface area contributed by atoms with E-state index in [1.807, 2.05) is 56.4 Å². The molecular formula is C33H34FN7O4. The molecule has 2 N–H and O–H groups in total. The van der Waals surface area contributed by atoms with Crippen molar-refractivity contribution in [1.82, 2.24) is 24.6 Å². The van der Waals surface area contributed by atoms with Gasteiger partial charge in [-0.2, -0.15) is 5.10 Å². The minimum absolute atomic E-state index is 0.113. The number of halogens is 1. The van der Waals surface area contributed by atoms with Crippen molar-refractivity contribution in [3.8, 4) is 23.0 Å². The molecule has 0 unspecified atom stereocenters. The highest BCUT2D eigenvalue weighted by molar-refractivity contribution is 6.05. The maximum absolute atomic E-state index is 14.9. The van der Waals surface area contributed by atoms with Crippen molar-refractivity contribution in [2.45, 2.75) is 25.8 Å². The van der Waals surface area contributed by atoms with Gasteiger partial charge in [0.2, 0.25) is 0 Å². The van der Waals surface area contributed by atoms with Crippen LogP contribution in [0.25, 0.3) is 21.8 Å². The number of nitrogens with one attached hydrogen (secondary N) is 2. The van der Waals surface area contributed by atoms with Gasteiger partial charge in [-0.05, 0) is 69.3 Å². The molecule has 1 atom stereocenters. The van der Waals surface area contributed by atoms with E-state index < -0.39 is 11.7 Å². The van der Waals surface area contributed by atoms with Crippen molar-refractivity contribution < 1.29 is 23.4 Å². The van der Waals surface area contributed by atoms with Crippen LogP contribution in [0.1, 0.15) is 18.4 Å². The highest BCUT2D eigenvalue weighted by Crippen LogP contribution is 2.39. The molecule has 0 bridgehead atoms. The number of rotatable bonds is 9. The number of amides is 1. The summed E-state index contributed by atoms with van der Waals surface area (Å²) in [6.07, 6.45) is 6.37. The number of benzene rings is 3. The molecule has 1 saturated heterocycles. The summed E-state index contributed by atoms with van der Waals surface area (Å²) in [5, 5.41) is 11.9. The first-order chi connectivity index (χ1) is 21.7. The number of nitrogens with zero attached hydrogens (tertiary/aromatic N) is 5. The number of hydrogen-bond donors (Lipinski definition) is 2. The van der Waals surface area contributed by atoms with Crippen LogP contribution in [0.5, 0.6) is 23.0 Å². The number of ether oxygens (including phenoxy) is 3. The van der Waals surface area contributed by atoms with E-state index in [9.17, 15) is 9.18 Å². The molecule has 1 fully saturated rings. The van der Waals surface area contributed by atoms with E-state index in [-0.39, 0.29) is 11.7 Å². The van der Waals surface area contributed by atoms with Crippen molar-refractivity contribution in [2.24, 2.45) is 7.05 Å². The monoisotopic (exact) mass is 611 g/mol. The summed E-state index contributed by atoms with van der Waals surface area (Å²) in [6.45, 7) is 2.80.